The predicted octanol–water partition coefficient (Wildman–Crippen LogP) is 7.56. The van der Waals surface area contributed by atoms with Crippen molar-refractivity contribution in [3.8, 4) is 0 Å². The Morgan fingerprint density at radius 3 is 2.15 bits per heavy atom. The molecule has 0 aromatic heterocycles. The van der Waals surface area contributed by atoms with E-state index in [-0.39, 0.29) is 35.2 Å². The summed E-state index contributed by atoms with van der Waals surface area (Å²) in [6.45, 7) is 5.74. The van der Waals surface area contributed by atoms with Gasteiger partial charge in [0.25, 0.3) is 0 Å². The Morgan fingerprint density at radius 1 is 0.951 bits per heavy atom. The number of carbonyl (C=O) groups excluding carboxylic acids is 1. The average Bonchev–Trinajstić information content (AvgIpc) is 3.41. The Morgan fingerprint density at radius 2 is 1.59 bits per heavy atom. The molecule has 10 heteroatoms. The zero-order valence-corrected chi connectivity index (χ0v) is 23.0. The lowest BCUT2D eigenvalue weighted by molar-refractivity contribution is -0.143. The number of rotatable bonds is 5. The molecule has 1 heterocycles. The van der Waals surface area contributed by atoms with Gasteiger partial charge in [0.05, 0.1) is 23.3 Å². The molecule has 0 amide bonds. The third-order valence-electron chi connectivity index (χ3n) is 9.07. The van der Waals surface area contributed by atoms with Crippen LogP contribution in [-0.4, -0.2) is 34.7 Å². The standard InChI is InChI=1S/C31H33F6NO3/c1-16-6-4-5-7-23(16)28-26(11-8-19-15-38(29(40)27(19)28)24-9-10-25(39)17(24)2)41-18(3)20-12-21(30(32,33)34)14-22(13-20)31(35,36)37/h4-7,12-14,18-19,26-29,40H,8-11,15H2,1-3H3/t18-,19-,26+,27-,28-,29?/m1/s1. The van der Waals surface area contributed by atoms with E-state index in [4.69, 9.17) is 4.74 Å². The van der Waals surface area contributed by atoms with Gasteiger partial charge in [-0.05, 0) is 80.8 Å². The number of hydrogen-bond acceptors (Lipinski definition) is 4. The Labute approximate surface area is 235 Å². The van der Waals surface area contributed by atoms with Gasteiger partial charge in [0.1, 0.15) is 6.23 Å². The predicted molar refractivity (Wildman–Crippen MR) is 140 cm³/mol. The first kappa shape index (κ1) is 29.6. The van der Waals surface area contributed by atoms with Crippen molar-refractivity contribution in [3.63, 3.8) is 0 Å². The van der Waals surface area contributed by atoms with Crippen LogP contribution in [-0.2, 0) is 21.9 Å². The summed E-state index contributed by atoms with van der Waals surface area (Å²) in [5.74, 6) is -0.522. The van der Waals surface area contributed by atoms with E-state index in [9.17, 15) is 36.2 Å². The van der Waals surface area contributed by atoms with E-state index in [1.807, 2.05) is 36.1 Å². The first-order chi connectivity index (χ1) is 19.2. The van der Waals surface area contributed by atoms with E-state index >= 15 is 0 Å². The van der Waals surface area contributed by atoms with Gasteiger partial charge in [0.15, 0.2) is 5.78 Å². The highest BCUT2D eigenvalue weighted by atomic mass is 19.4. The maximum absolute atomic E-state index is 13.5. The number of ketones is 1. The van der Waals surface area contributed by atoms with Crippen molar-refractivity contribution < 1.29 is 41.0 Å². The van der Waals surface area contributed by atoms with Crippen LogP contribution in [0.5, 0.6) is 0 Å². The summed E-state index contributed by atoms with van der Waals surface area (Å²) in [7, 11) is 0. The molecular formula is C31H33F6NO3. The number of ether oxygens (including phenoxy) is 1. The summed E-state index contributed by atoms with van der Waals surface area (Å²) in [6, 6.07) is 9.17. The zero-order valence-electron chi connectivity index (χ0n) is 23.0. The van der Waals surface area contributed by atoms with Crippen LogP contribution < -0.4 is 0 Å². The molecule has 0 bridgehead atoms. The van der Waals surface area contributed by atoms with Gasteiger partial charge in [-0.15, -0.1) is 0 Å². The van der Waals surface area contributed by atoms with E-state index in [1.165, 1.54) is 6.92 Å². The van der Waals surface area contributed by atoms with Crippen molar-refractivity contribution in [3.05, 3.63) is 81.6 Å². The van der Waals surface area contributed by atoms with Crippen LogP contribution in [0.25, 0.3) is 0 Å². The highest BCUT2D eigenvalue weighted by molar-refractivity contribution is 5.97. The summed E-state index contributed by atoms with van der Waals surface area (Å²) in [4.78, 5) is 14.2. The van der Waals surface area contributed by atoms with Crippen LogP contribution in [0.2, 0.25) is 0 Å². The largest absolute Gasteiger partial charge is 0.416 e. The van der Waals surface area contributed by atoms with Crippen LogP contribution in [0.4, 0.5) is 26.3 Å². The topological polar surface area (TPSA) is 49.8 Å². The number of Topliss-reactive ketones (excluding diaryl/α,β-unsaturated/α-hetero) is 1. The normalized spacial score (nSPS) is 27.9. The van der Waals surface area contributed by atoms with Crippen LogP contribution >= 0.6 is 0 Å². The van der Waals surface area contributed by atoms with Gasteiger partial charge in [0, 0.05) is 36.1 Å². The highest BCUT2D eigenvalue weighted by Crippen LogP contribution is 2.52. The number of alkyl halides is 6. The highest BCUT2D eigenvalue weighted by Gasteiger charge is 2.52. The minimum atomic E-state index is -4.96. The summed E-state index contributed by atoms with van der Waals surface area (Å²) < 4.78 is 87.5. The maximum atomic E-state index is 13.5. The molecule has 0 radical (unpaired) electrons. The van der Waals surface area contributed by atoms with Crippen molar-refractivity contribution in [1.29, 1.82) is 0 Å². The summed E-state index contributed by atoms with van der Waals surface area (Å²) in [6.07, 6.45) is -10.3. The van der Waals surface area contributed by atoms with Gasteiger partial charge in [-0.1, -0.05) is 24.3 Å². The lowest BCUT2D eigenvalue weighted by Crippen LogP contribution is -2.42. The molecule has 1 N–H and O–H groups in total. The van der Waals surface area contributed by atoms with E-state index in [0.717, 1.165) is 16.8 Å². The number of aliphatic hydroxyl groups excluding tert-OH is 1. The Balaban J connectivity index is 1.50. The van der Waals surface area contributed by atoms with Gasteiger partial charge in [-0.3, -0.25) is 4.79 Å². The zero-order chi connectivity index (χ0) is 29.9. The number of halogens is 6. The molecule has 222 valence electrons. The molecule has 1 unspecified atom stereocenters. The second-order valence-electron chi connectivity index (χ2n) is 11.5. The molecule has 2 aromatic rings. The fourth-order valence-electron chi connectivity index (χ4n) is 6.97. The second-order valence-corrected chi connectivity index (χ2v) is 11.5. The van der Waals surface area contributed by atoms with Crippen molar-refractivity contribution in [2.24, 2.45) is 11.8 Å². The molecule has 3 aliphatic rings. The van der Waals surface area contributed by atoms with Gasteiger partial charge in [-0.2, -0.15) is 26.3 Å². The molecule has 4 nitrogen and oxygen atoms in total. The third-order valence-corrected chi connectivity index (χ3v) is 9.07. The quantitative estimate of drug-likeness (QED) is 0.371. The fourth-order valence-corrected chi connectivity index (χ4v) is 6.97. The number of aryl methyl sites for hydroxylation is 1. The van der Waals surface area contributed by atoms with Gasteiger partial charge in [0.2, 0.25) is 0 Å². The van der Waals surface area contributed by atoms with Gasteiger partial charge in [-0.25, -0.2) is 0 Å². The number of hydrogen-bond donors (Lipinski definition) is 1. The van der Waals surface area contributed by atoms with E-state index < -0.39 is 41.9 Å². The first-order valence-electron chi connectivity index (χ1n) is 13.8. The minimum absolute atomic E-state index is 0.0619. The summed E-state index contributed by atoms with van der Waals surface area (Å²) in [5.41, 5.74) is 0.402. The number of benzene rings is 2. The number of fused-ring (bicyclic) bond motifs is 1. The monoisotopic (exact) mass is 581 g/mol. The Bertz CT molecular complexity index is 1320. The fraction of sp³-hybridized carbons (Fsp3) is 0.516. The second kappa shape index (κ2) is 10.8. The SMILES string of the molecule is CC1=C(N2C[C@H]3CC[C@H](O[C@H](C)c4cc(C(F)(F)F)cc(C(F)(F)F)c4)[C@@H](c4ccccc4C)[C@@H]3C2O)CCC1=O. The van der Waals surface area contributed by atoms with Crippen LogP contribution in [0.3, 0.4) is 0 Å². The molecule has 0 spiro atoms. The van der Waals surface area contributed by atoms with Crippen molar-refractivity contribution >= 4 is 5.78 Å². The van der Waals surface area contributed by atoms with E-state index in [0.29, 0.717) is 49.9 Å². The molecule has 2 aromatic carbocycles. The average molecular weight is 582 g/mol. The Hall–Kier alpha value is -2.85. The molecule has 1 saturated carbocycles. The molecule has 1 saturated heterocycles. The van der Waals surface area contributed by atoms with E-state index in [1.54, 1.807) is 6.92 Å². The molecule has 41 heavy (non-hydrogen) atoms. The number of likely N-dealkylation sites (tertiary alicyclic amines) is 1. The number of allylic oxidation sites excluding steroid dienone is 2. The molecule has 5 rings (SSSR count). The van der Waals surface area contributed by atoms with Crippen molar-refractivity contribution in [1.82, 2.24) is 4.90 Å². The third kappa shape index (κ3) is 5.65. The lowest BCUT2D eigenvalue weighted by atomic mass is 9.68. The molecule has 2 aliphatic carbocycles. The Kier molecular flexibility index (Phi) is 7.78. The minimum Gasteiger partial charge on any atom is -0.373 e. The van der Waals surface area contributed by atoms with Gasteiger partial charge < -0.3 is 14.7 Å². The van der Waals surface area contributed by atoms with Crippen molar-refractivity contribution in [2.45, 2.75) is 83.2 Å². The number of carbonyl (C=O) groups is 1. The number of nitrogens with zero attached hydrogens (tertiary/aromatic N) is 1. The molecule has 2 fully saturated rings. The lowest BCUT2D eigenvalue weighted by Gasteiger charge is -2.42. The van der Waals surface area contributed by atoms with Crippen LogP contribution in [0.15, 0.2) is 53.7 Å². The van der Waals surface area contributed by atoms with Crippen LogP contribution in [0.1, 0.15) is 79.4 Å². The smallest absolute Gasteiger partial charge is 0.373 e. The molecule has 6 atom stereocenters. The van der Waals surface area contributed by atoms with Crippen molar-refractivity contribution in [2.75, 3.05) is 6.54 Å². The van der Waals surface area contributed by atoms with Crippen LogP contribution in [0, 0.1) is 18.8 Å². The summed E-state index contributed by atoms with van der Waals surface area (Å²) in [5, 5.41) is 11.7. The summed E-state index contributed by atoms with van der Waals surface area (Å²) >= 11 is 0. The molecule has 1 aliphatic heterocycles. The van der Waals surface area contributed by atoms with E-state index in [2.05, 4.69) is 0 Å². The first-order valence-corrected chi connectivity index (χ1v) is 13.8. The van der Waals surface area contributed by atoms with Gasteiger partial charge >= 0.3 is 12.4 Å². The number of aliphatic hydroxyl groups is 1. The maximum Gasteiger partial charge on any atom is 0.416 e. The molecular weight excluding hydrogens is 548 g/mol.